The average molecular weight is 350 g/mol. The van der Waals surface area contributed by atoms with Gasteiger partial charge >= 0.3 is 0 Å². The summed E-state index contributed by atoms with van der Waals surface area (Å²) in [6.45, 7) is 11.7. The fourth-order valence-electron chi connectivity index (χ4n) is 4.62. The molecule has 1 aliphatic carbocycles. The van der Waals surface area contributed by atoms with Crippen molar-refractivity contribution in [3.05, 3.63) is 23.4 Å². The summed E-state index contributed by atoms with van der Waals surface area (Å²) in [5, 5.41) is 0.712. The first kappa shape index (κ1) is 18.0. The molecular weight excluding hydrogens is 318 g/mol. The van der Waals surface area contributed by atoms with Crippen LogP contribution in [-0.4, -0.2) is 42.1 Å². The van der Waals surface area contributed by atoms with E-state index in [0.717, 1.165) is 44.0 Å². The maximum absolute atomic E-state index is 5.94. The summed E-state index contributed by atoms with van der Waals surface area (Å²) in [7, 11) is 0. The normalized spacial score (nSPS) is 26.1. The molecule has 1 aromatic heterocycles. The van der Waals surface area contributed by atoms with Crippen LogP contribution in [-0.2, 0) is 0 Å². The molecule has 0 spiro atoms. The number of pyridine rings is 1. The van der Waals surface area contributed by atoms with Crippen LogP contribution in [0, 0.1) is 11.3 Å². The van der Waals surface area contributed by atoms with Crippen molar-refractivity contribution in [1.82, 2.24) is 9.88 Å². The van der Waals surface area contributed by atoms with Crippen molar-refractivity contribution in [3.63, 3.8) is 0 Å². The van der Waals surface area contributed by atoms with Gasteiger partial charge in [0, 0.05) is 38.4 Å². The molecule has 24 heavy (non-hydrogen) atoms. The Labute approximate surface area is 152 Å². The van der Waals surface area contributed by atoms with Gasteiger partial charge in [-0.15, -0.1) is 0 Å². The molecule has 3 rings (SSSR count). The lowest BCUT2D eigenvalue weighted by Crippen LogP contribution is -2.50. The van der Waals surface area contributed by atoms with Gasteiger partial charge in [-0.3, -0.25) is 4.90 Å². The van der Waals surface area contributed by atoms with E-state index in [1.165, 1.54) is 32.1 Å². The molecule has 3 nitrogen and oxygen atoms in total. The third-order valence-electron chi connectivity index (χ3n) is 6.87. The van der Waals surface area contributed by atoms with Gasteiger partial charge in [-0.25, -0.2) is 4.98 Å². The van der Waals surface area contributed by atoms with E-state index in [-0.39, 0.29) is 0 Å². The molecule has 2 atom stereocenters. The van der Waals surface area contributed by atoms with Gasteiger partial charge < -0.3 is 4.90 Å². The fraction of sp³-hybridized carbons (Fsp3) is 0.750. The molecule has 0 aromatic carbocycles. The van der Waals surface area contributed by atoms with E-state index >= 15 is 0 Å². The van der Waals surface area contributed by atoms with E-state index in [0.29, 0.717) is 10.4 Å². The van der Waals surface area contributed by atoms with Crippen LogP contribution in [0.1, 0.15) is 52.9 Å². The van der Waals surface area contributed by atoms with Gasteiger partial charge in [-0.1, -0.05) is 45.2 Å². The Kier molecular flexibility index (Phi) is 5.71. The molecule has 134 valence electrons. The summed E-state index contributed by atoms with van der Waals surface area (Å²) in [5.74, 6) is 1.97. The quantitative estimate of drug-likeness (QED) is 0.757. The summed E-state index contributed by atoms with van der Waals surface area (Å²) < 4.78 is 0. The molecular formula is C20H32ClN3. The zero-order valence-electron chi connectivity index (χ0n) is 15.5. The van der Waals surface area contributed by atoms with Crippen molar-refractivity contribution >= 4 is 17.4 Å². The molecule has 2 fully saturated rings. The smallest absolute Gasteiger partial charge is 0.128 e. The van der Waals surface area contributed by atoms with Crippen molar-refractivity contribution in [3.8, 4) is 0 Å². The number of anilines is 1. The average Bonchev–Trinajstić information content (AvgIpc) is 3.13. The zero-order valence-corrected chi connectivity index (χ0v) is 16.2. The molecule has 0 amide bonds. The van der Waals surface area contributed by atoms with Crippen LogP contribution in [0.25, 0.3) is 0 Å². The lowest BCUT2D eigenvalue weighted by atomic mass is 9.72. The number of hydrogen-bond acceptors (Lipinski definition) is 3. The van der Waals surface area contributed by atoms with Gasteiger partial charge in [0.05, 0.1) is 5.02 Å². The zero-order chi connectivity index (χ0) is 17.2. The molecule has 0 bridgehead atoms. The summed E-state index contributed by atoms with van der Waals surface area (Å²) in [5.41, 5.74) is 0.545. The van der Waals surface area contributed by atoms with Crippen molar-refractivity contribution in [2.24, 2.45) is 11.3 Å². The highest BCUT2D eigenvalue weighted by molar-refractivity contribution is 6.30. The maximum atomic E-state index is 5.94. The van der Waals surface area contributed by atoms with Crippen LogP contribution in [0.2, 0.25) is 5.02 Å². The van der Waals surface area contributed by atoms with Crippen molar-refractivity contribution in [2.75, 3.05) is 31.1 Å². The van der Waals surface area contributed by atoms with Crippen molar-refractivity contribution < 1.29 is 0 Å². The monoisotopic (exact) mass is 349 g/mol. The SMILES string of the molecule is CCC(C)(CC)C1CCC(N2CCN(c3ccc(Cl)cn3)CC2)C1. The maximum Gasteiger partial charge on any atom is 0.128 e. The standard InChI is InChI=1S/C20H32ClN3/c1-4-20(3,5-2)16-6-8-18(14-16)23-10-12-24(13-11-23)19-9-7-17(21)15-22-19/h7,9,15-16,18H,4-6,8,10-14H2,1-3H3. The lowest BCUT2D eigenvalue weighted by molar-refractivity contribution is 0.142. The van der Waals surface area contributed by atoms with Gasteiger partial charge in [0.1, 0.15) is 5.82 Å². The molecule has 2 unspecified atom stereocenters. The molecule has 2 heterocycles. The molecule has 2 aliphatic rings. The topological polar surface area (TPSA) is 19.4 Å². The highest BCUT2D eigenvalue weighted by atomic mass is 35.5. The minimum atomic E-state index is 0.545. The number of aromatic nitrogens is 1. The number of halogens is 1. The van der Waals surface area contributed by atoms with E-state index < -0.39 is 0 Å². The largest absolute Gasteiger partial charge is 0.354 e. The molecule has 4 heteroatoms. The first-order chi connectivity index (χ1) is 11.6. The van der Waals surface area contributed by atoms with Crippen LogP contribution in [0.3, 0.4) is 0 Å². The lowest BCUT2D eigenvalue weighted by Gasteiger charge is -2.39. The Morgan fingerprint density at radius 3 is 2.42 bits per heavy atom. The van der Waals surface area contributed by atoms with E-state index in [1.54, 1.807) is 6.20 Å². The first-order valence-corrected chi connectivity index (χ1v) is 10.0. The summed E-state index contributed by atoms with van der Waals surface area (Å²) in [6.07, 6.45) is 8.59. The molecule has 1 aliphatic heterocycles. The number of rotatable bonds is 5. The van der Waals surface area contributed by atoms with Gasteiger partial charge in [-0.05, 0) is 42.7 Å². The van der Waals surface area contributed by atoms with Gasteiger partial charge in [0.2, 0.25) is 0 Å². The minimum Gasteiger partial charge on any atom is -0.354 e. The Morgan fingerprint density at radius 2 is 1.83 bits per heavy atom. The predicted molar refractivity (Wildman–Crippen MR) is 103 cm³/mol. The highest BCUT2D eigenvalue weighted by Crippen LogP contribution is 2.45. The molecule has 0 N–H and O–H groups in total. The van der Waals surface area contributed by atoms with Crippen molar-refractivity contribution in [1.29, 1.82) is 0 Å². The Morgan fingerprint density at radius 1 is 1.12 bits per heavy atom. The van der Waals surface area contributed by atoms with Gasteiger partial charge in [0.15, 0.2) is 0 Å². The second-order valence-electron chi connectivity index (χ2n) is 7.88. The second kappa shape index (κ2) is 7.61. The predicted octanol–water partition coefficient (Wildman–Crippen LogP) is 4.85. The van der Waals surface area contributed by atoms with Gasteiger partial charge in [-0.2, -0.15) is 0 Å². The number of hydrogen-bond donors (Lipinski definition) is 0. The van der Waals surface area contributed by atoms with E-state index in [4.69, 9.17) is 11.6 Å². The van der Waals surface area contributed by atoms with Crippen LogP contribution in [0.15, 0.2) is 18.3 Å². The molecule has 1 saturated carbocycles. The summed E-state index contributed by atoms with van der Waals surface area (Å²) in [6, 6.07) is 4.78. The van der Waals surface area contributed by atoms with Crippen LogP contribution in [0.4, 0.5) is 5.82 Å². The Bertz CT molecular complexity index is 518. The Balaban J connectivity index is 1.53. The van der Waals surface area contributed by atoms with E-state index in [2.05, 4.69) is 35.6 Å². The third kappa shape index (κ3) is 3.72. The van der Waals surface area contributed by atoms with E-state index in [9.17, 15) is 0 Å². The first-order valence-electron chi connectivity index (χ1n) is 9.66. The van der Waals surface area contributed by atoms with E-state index in [1.807, 2.05) is 12.1 Å². The molecule has 1 aromatic rings. The summed E-state index contributed by atoms with van der Waals surface area (Å²) in [4.78, 5) is 9.59. The molecule has 0 radical (unpaired) electrons. The van der Waals surface area contributed by atoms with Crippen LogP contribution in [0.5, 0.6) is 0 Å². The third-order valence-corrected chi connectivity index (χ3v) is 7.10. The number of piperazine rings is 1. The van der Waals surface area contributed by atoms with Crippen LogP contribution >= 0.6 is 11.6 Å². The highest BCUT2D eigenvalue weighted by Gasteiger charge is 2.39. The Hall–Kier alpha value is -0.800. The summed E-state index contributed by atoms with van der Waals surface area (Å²) >= 11 is 5.94. The molecule has 1 saturated heterocycles. The van der Waals surface area contributed by atoms with Gasteiger partial charge in [0.25, 0.3) is 0 Å². The fourth-order valence-corrected chi connectivity index (χ4v) is 4.73. The van der Waals surface area contributed by atoms with Crippen LogP contribution < -0.4 is 4.90 Å². The minimum absolute atomic E-state index is 0.545. The number of nitrogens with zero attached hydrogens (tertiary/aromatic N) is 3. The van der Waals surface area contributed by atoms with Crippen molar-refractivity contribution in [2.45, 2.75) is 58.9 Å². The second-order valence-corrected chi connectivity index (χ2v) is 8.32.